The van der Waals surface area contributed by atoms with Gasteiger partial charge in [0.05, 0.1) is 33.9 Å². The zero-order valence-electron chi connectivity index (χ0n) is 32.8. The fraction of sp³-hybridized carbons (Fsp3) is 0.395. The van der Waals surface area contributed by atoms with Crippen molar-refractivity contribution in [2.75, 3.05) is 17.3 Å². The molecule has 338 valence electrons. The van der Waals surface area contributed by atoms with Crippen molar-refractivity contribution in [3.8, 4) is 11.1 Å². The Hall–Kier alpha value is -5.49. The van der Waals surface area contributed by atoms with Crippen molar-refractivity contribution < 1.29 is 66.6 Å². The SMILES string of the molecule is Cc1ccc(-c2ccc(Cl)c3c(N(COC(=O)[C@@H](C)N)S(C)(=O)=O)nn(CC(F)(F)F)c23)c([C@H](Cc2cc(F)cc(F)c2)NC(=O)Cn2nc(C(F)(F)F)c3c2C(F)(F)C2C[C@H]32)n1. The Morgan fingerprint density at radius 3 is 2.29 bits per heavy atom. The number of hydrogen-bond donors (Lipinski definition) is 2. The molecule has 1 saturated carbocycles. The fourth-order valence-corrected chi connectivity index (χ4v) is 8.65. The first-order valence-electron chi connectivity index (χ1n) is 18.6. The lowest BCUT2D eigenvalue weighted by atomic mass is 9.93. The number of esters is 1. The van der Waals surface area contributed by atoms with Crippen molar-refractivity contribution in [3.63, 3.8) is 0 Å². The van der Waals surface area contributed by atoms with Crippen LogP contribution in [0.4, 0.5) is 49.7 Å². The van der Waals surface area contributed by atoms with E-state index >= 15 is 8.78 Å². The second-order valence-electron chi connectivity index (χ2n) is 15.2. The highest BCUT2D eigenvalue weighted by atomic mass is 35.5. The molecule has 63 heavy (non-hydrogen) atoms. The summed E-state index contributed by atoms with van der Waals surface area (Å²) in [5.74, 6) is -11.5. The number of benzene rings is 2. The molecule has 7 rings (SSSR count). The summed E-state index contributed by atoms with van der Waals surface area (Å²) >= 11 is 6.57. The number of sulfonamides is 1. The normalized spacial score (nSPS) is 17.9. The number of aryl methyl sites for hydroxylation is 1. The Kier molecular flexibility index (Phi) is 11.5. The number of halogens is 11. The fourth-order valence-electron chi connectivity index (χ4n) is 7.72. The lowest BCUT2D eigenvalue weighted by Gasteiger charge is -2.23. The van der Waals surface area contributed by atoms with E-state index in [1.54, 1.807) is 0 Å². The summed E-state index contributed by atoms with van der Waals surface area (Å²) in [7, 11) is -4.52. The third-order valence-electron chi connectivity index (χ3n) is 10.4. The predicted molar refractivity (Wildman–Crippen MR) is 204 cm³/mol. The van der Waals surface area contributed by atoms with Crippen molar-refractivity contribution in [3.05, 3.63) is 93.0 Å². The number of nitrogens with one attached hydrogen (secondary N) is 1. The molecule has 1 fully saturated rings. The standard InChI is InChI=1S/C38H33ClF10N8O5S/c1-16-4-5-21(22-6-7-25(39)29-31(22)56(14-36(42,43)44)54-34(29)57(63(3,60)61)15-62-35(59)17(2)50)30(51-16)26(10-18-8-19(40)11-20(41)9-18)52-27(58)13-55-33-28(32(53-55)38(47,48)49)23-12-24(23)37(33,45)46/h4-9,11,17,23-24,26H,10,12-15,50H2,1-3H3,(H,52,58)/t17-,23+,24?,26+/m1/s1. The Morgan fingerprint density at radius 1 is 1.03 bits per heavy atom. The lowest BCUT2D eigenvalue weighted by molar-refractivity contribution is -0.144. The number of anilines is 1. The van der Waals surface area contributed by atoms with E-state index < -0.39 is 136 Å². The van der Waals surface area contributed by atoms with Gasteiger partial charge in [-0.25, -0.2) is 21.5 Å². The summed E-state index contributed by atoms with van der Waals surface area (Å²) in [6.07, 6.45) is -10.3. The highest BCUT2D eigenvalue weighted by Crippen LogP contribution is 2.68. The molecule has 3 heterocycles. The molecule has 3 N–H and O–H groups in total. The number of hydrogen-bond acceptors (Lipinski definition) is 9. The van der Waals surface area contributed by atoms with Gasteiger partial charge in [0.2, 0.25) is 15.9 Å². The summed E-state index contributed by atoms with van der Waals surface area (Å²) in [6, 6.07) is 4.58. The second kappa shape index (κ2) is 15.9. The number of amides is 1. The number of aromatic nitrogens is 5. The molecule has 1 amide bonds. The van der Waals surface area contributed by atoms with Gasteiger partial charge in [-0.3, -0.25) is 23.9 Å². The van der Waals surface area contributed by atoms with E-state index in [9.17, 15) is 53.1 Å². The van der Waals surface area contributed by atoms with Crippen LogP contribution in [0, 0.1) is 24.5 Å². The van der Waals surface area contributed by atoms with Crippen molar-refractivity contribution in [2.45, 2.75) is 76.1 Å². The lowest BCUT2D eigenvalue weighted by Crippen LogP contribution is -2.37. The van der Waals surface area contributed by atoms with Gasteiger partial charge in [0.1, 0.15) is 36.5 Å². The van der Waals surface area contributed by atoms with Crippen molar-refractivity contribution in [1.29, 1.82) is 0 Å². The van der Waals surface area contributed by atoms with Crippen LogP contribution in [0.1, 0.15) is 59.2 Å². The highest BCUT2D eigenvalue weighted by molar-refractivity contribution is 7.92. The number of nitrogens with zero attached hydrogens (tertiary/aromatic N) is 6. The number of carbonyl (C=O) groups is 2. The van der Waals surface area contributed by atoms with E-state index in [-0.39, 0.29) is 44.2 Å². The molecule has 2 aliphatic rings. The van der Waals surface area contributed by atoms with E-state index in [0.717, 1.165) is 18.2 Å². The van der Waals surface area contributed by atoms with Crippen molar-refractivity contribution >= 4 is 50.2 Å². The van der Waals surface area contributed by atoms with Crippen LogP contribution < -0.4 is 15.4 Å². The molecular weight excluding hydrogens is 906 g/mol. The smallest absolute Gasteiger partial charge is 0.435 e. The van der Waals surface area contributed by atoms with Gasteiger partial charge >= 0.3 is 18.3 Å². The molecule has 13 nitrogen and oxygen atoms in total. The summed E-state index contributed by atoms with van der Waals surface area (Å²) in [6.45, 7) is -1.48. The molecule has 1 unspecified atom stereocenters. The molecular formula is C38H33ClF10N8O5S. The van der Waals surface area contributed by atoms with E-state index in [1.807, 2.05) is 0 Å². The van der Waals surface area contributed by atoms with Crippen LogP contribution in [0.3, 0.4) is 0 Å². The van der Waals surface area contributed by atoms with E-state index in [2.05, 4.69) is 20.5 Å². The van der Waals surface area contributed by atoms with Crippen LogP contribution in [-0.2, 0) is 56.0 Å². The maximum atomic E-state index is 15.4. The van der Waals surface area contributed by atoms with Gasteiger partial charge in [0, 0.05) is 34.4 Å². The van der Waals surface area contributed by atoms with Crippen LogP contribution in [0.2, 0.25) is 5.02 Å². The first kappa shape index (κ1) is 45.5. The molecule has 0 spiro atoms. The largest absolute Gasteiger partial charge is 0.442 e. The Labute approximate surface area is 355 Å². The summed E-state index contributed by atoms with van der Waals surface area (Å²) in [4.78, 5) is 30.6. The maximum Gasteiger partial charge on any atom is 0.435 e. The minimum Gasteiger partial charge on any atom is -0.442 e. The van der Waals surface area contributed by atoms with E-state index in [0.29, 0.717) is 21.3 Å². The number of carbonyl (C=O) groups excluding carboxylic acids is 2. The van der Waals surface area contributed by atoms with Gasteiger partial charge in [-0.2, -0.15) is 45.3 Å². The van der Waals surface area contributed by atoms with Gasteiger partial charge < -0.3 is 15.8 Å². The number of ether oxygens (including phenoxy) is 1. The van der Waals surface area contributed by atoms with Crippen molar-refractivity contribution in [1.82, 2.24) is 29.9 Å². The first-order chi connectivity index (χ1) is 29.1. The monoisotopic (exact) mass is 938 g/mol. The van der Waals surface area contributed by atoms with Gasteiger partial charge in [-0.1, -0.05) is 23.7 Å². The number of nitrogens with two attached hydrogens (primary N) is 1. The minimum atomic E-state index is -5.15. The zero-order chi connectivity index (χ0) is 46.3. The quantitative estimate of drug-likeness (QED) is 0.0716. The van der Waals surface area contributed by atoms with Crippen LogP contribution in [0.25, 0.3) is 22.0 Å². The topological polar surface area (TPSA) is 167 Å². The highest BCUT2D eigenvalue weighted by Gasteiger charge is 2.68. The molecule has 4 atom stereocenters. The third-order valence-corrected chi connectivity index (χ3v) is 11.8. The van der Waals surface area contributed by atoms with Gasteiger partial charge in [0.25, 0.3) is 5.92 Å². The predicted octanol–water partition coefficient (Wildman–Crippen LogP) is 7.04. The van der Waals surface area contributed by atoms with Gasteiger partial charge in [-0.05, 0) is 62.4 Å². The molecule has 25 heteroatoms. The Bertz CT molecular complexity index is 2760. The average Bonchev–Trinajstić information content (AvgIpc) is 3.65. The second-order valence-corrected chi connectivity index (χ2v) is 17.5. The van der Waals surface area contributed by atoms with Gasteiger partial charge in [0.15, 0.2) is 18.2 Å². The first-order valence-corrected chi connectivity index (χ1v) is 20.8. The molecule has 0 bridgehead atoms. The van der Waals surface area contributed by atoms with Gasteiger partial charge in [-0.15, -0.1) is 0 Å². The number of fused-ring (bicyclic) bond motifs is 4. The summed E-state index contributed by atoms with van der Waals surface area (Å²) < 4.78 is 177. The minimum absolute atomic E-state index is 0.112. The third kappa shape index (κ3) is 9.01. The van der Waals surface area contributed by atoms with E-state index in [4.69, 9.17) is 22.1 Å². The zero-order valence-corrected chi connectivity index (χ0v) is 34.3. The van der Waals surface area contributed by atoms with Crippen LogP contribution in [-0.4, -0.2) is 70.0 Å². The molecule has 5 aromatic rings. The number of pyridine rings is 1. The van der Waals surface area contributed by atoms with E-state index in [1.165, 1.54) is 32.0 Å². The average molecular weight is 939 g/mol. The number of alkyl halides is 8. The van der Waals surface area contributed by atoms with Crippen molar-refractivity contribution in [2.24, 2.45) is 11.7 Å². The molecule has 2 aromatic carbocycles. The van der Waals surface area contributed by atoms with Crippen LogP contribution in [0.5, 0.6) is 0 Å². The molecule has 0 saturated heterocycles. The molecule has 0 radical (unpaired) electrons. The molecule has 3 aromatic heterocycles. The Morgan fingerprint density at radius 2 is 1.68 bits per heavy atom. The maximum absolute atomic E-state index is 15.4. The Balaban J connectivity index is 1.39. The van der Waals surface area contributed by atoms with Crippen LogP contribution >= 0.6 is 11.6 Å². The number of rotatable bonds is 13. The molecule has 0 aliphatic heterocycles. The summed E-state index contributed by atoms with van der Waals surface area (Å²) in [5.41, 5.74) is 1.22. The van der Waals surface area contributed by atoms with Crippen LogP contribution in [0.15, 0.2) is 42.5 Å². The molecule has 2 aliphatic carbocycles. The summed E-state index contributed by atoms with van der Waals surface area (Å²) in [5, 5.41) is 9.06.